The summed E-state index contributed by atoms with van der Waals surface area (Å²) < 4.78 is 41.9. The maximum Gasteiger partial charge on any atom is 0.254 e. The van der Waals surface area contributed by atoms with Gasteiger partial charge in [0.15, 0.2) is 9.84 Å². The SMILES string of the molecule is CNC(=O)c1cc(CS(=O)(=O)c2cc(Br)cc3cccnc23)cc(C2CC2)c1F. The minimum absolute atomic E-state index is 0.0365. The highest BCUT2D eigenvalue weighted by Gasteiger charge is 2.30. The molecule has 0 unspecified atom stereocenters. The molecule has 8 heteroatoms. The number of benzene rings is 2. The van der Waals surface area contributed by atoms with E-state index in [1.165, 1.54) is 19.2 Å². The highest BCUT2D eigenvalue weighted by molar-refractivity contribution is 9.10. The van der Waals surface area contributed by atoms with Gasteiger partial charge in [-0.1, -0.05) is 28.1 Å². The first-order chi connectivity index (χ1) is 13.8. The zero-order chi connectivity index (χ0) is 20.8. The quantitative estimate of drug-likeness (QED) is 0.593. The van der Waals surface area contributed by atoms with E-state index in [0.717, 1.165) is 12.8 Å². The number of hydrogen-bond acceptors (Lipinski definition) is 4. The van der Waals surface area contributed by atoms with Crippen LogP contribution in [0.2, 0.25) is 0 Å². The third-order valence-electron chi connectivity index (χ3n) is 4.98. The molecule has 0 spiro atoms. The number of amides is 1. The number of fused-ring (bicyclic) bond motifs is 1. The van der Waals surface area contributed by atoms with Crippen LogP contribution in [0.15, 0.2) is 52.0 Å². The fraction of sp³-hybridized carbons (Fsp3) is 0.238. The zero-order valence-electron chi connectivity index (χ0n) is 15.6. The van der Waals surface area contributed by atoms with Crippen LogP contribution in [0.4, 0.5) is 4.39 Å². The largest absolute Gasteiger partial charge is 0.355 e. The number of pyridine rings is 1. The van der Waals surface area contributed by atoms with Crippen molar-refractivity contribution in [3.05, 3.63) is 69.6 Å². The highest BCUT2D eigenvalue weighted by Crippen LogP contribution is 2.42. The summed E-state index contributed by atoms with van der Waals surface area (Å²) in [6, 6.07) is 9.75. The Hall–Kier alpha value is -2.32. The summed E-state index contributed by atoms with van der Waals surface area (Å²) >= 11 is 3.35. The molecule has 1 amide bonds. The first kappa shape index (κ1) is 20.0. The molecule has 0 aliphatic heterocycles. The van der Waals surface area contributed by atoms with Gasteiger partial charge in [0.2, 0.25) is 0 Å². The molecule has 29 heavy (non-hydrogen) atoms. The van der Waals surface area contributed by atoms with Gasteiger partial charge in [-0.2, -0.15) is 0 Å². The number of aromatic nitrogens is 1. The lowest BCUT2D eigenvalue weighted by Crippen LogP contribution is -2.20. The molecule has 0 atom stereocenters. The number of carbonyl (C=O) groups is 1. The second kappa shape index (κ2) is 7.50. The zero-order valence-corrected chi connectivity index (χ0v) is 18.0. The van der Waals surface area contributed by atoms with Crippen molar-refractivity contribution in [1.82, 2.24) is 10.3 Å². The molecule has 1 saturated carbocycles. The molecular formula is C21H18BrFN2O3S. The lowest BCUT2D eigenvalue weighted by atomic mass is 10.0. The van der Waals surface area contributed by atoms with Crippen molar-refractivity contribution in [1.29, 1.82) is 0 Å². The lowest BCUT2D eigenvalue weighted by molar-refractivity contribution is 0.0958. The van der Waals surface area contributed by atoms with Crippen LogP contribution in [-0.4, -0.2) is 26.4 Å². The van der Waals surface area contributed by atoms with Crippen LogP contribution in [0.3, 0.4) is 0 Å². The average molecular weight is 477 g/mol. The predicted octanol–water partition coefficient (Wildman–Crippen LogP) is 4.35. The Labute approximate surface area is 176 Å². The maximum absolute atomic E-state index is 14.8. The molecule has 1 heterocycles. The topological polar surface area (TPSA) is 76.1 Å². The van der Waals surface area contributed by atoms with E-state index >= 15 is 0 Å². The standard InChI is InChI=1S/C21H18BrFN2O3S/c1-24-21(26)17-8-12(7-16(19(17)23)13-4-5-13)11-29(27,28)18-10-15(22)9-14-3-2-6-25-20(14)18/h2-3,6-10,13H,4-5,11H2,1H3,(H,24,26). The van der Waals surface area contributed by atoms with Gasteiger partial charge in [0, 0.05) is 23.1 Å². The average Bonchev–Trinajstić information content (AvgIpc) is 3.52. The van der Waals surface area contributed by atoms with Crippen LogP contribution in [0.1, 0.15) is 40.2 Å². The number of nitrogens with zero attached hydrogens (tertiary/aromatic N) is 1. The molecule has 4 rings (SSSR count). The van der Waals surface area contributed by atoms with Gasteiger partial charge in [-0.15, -0.1) is 0 Å². The van der Waals surface area contributed by atoms with Crippen LogP contribution < -0.4 is 5.32 Å². The van der Waals surface area contributed by atoms with E-state index in [9.17, 15) is 17.6 Å². The van der Waals surface area contributed by atoms with E-state index in [1.54, 1.807) is 30.5 Å². The van der Waals surface area contributed by atoms with E-state index in [4.69, 9.17) is 0 Å². The van der Waals surface area contributed by atoms with Crippen LogP contribution in [-0.2, 0) is 15.6 Å². The molecule has 150 valence electrons. The van der Waals surface area contributed by atoms with Gasteiger partial charge in [-0.25, -0.2) is 12.8 Å². The van der Waals surface area contributed by atoms with Crippen molar-refractivity contribution in [2.45, 2.75) is 29.4 Å². The van der Waals surface area contributed by atoms with Crippen LogP contribution in [0.5, 0.6) is 0 Å². The Morgan fingerprint density at radius 2 is 2.03 bits per heavy atom. The van der Waals surface area contributed by atoms with Gasteiger partial charge in [-0.05, 0) is 54.2 Å². The van der Waals surface area contributed by atoms with E-state index in [-0.39, 0.29) is 22.1 Å². The van der Waals surface area contributed by atoms with Gasteiger partial charge >= 0.3 is 0 Å². The number of hydrogen-bond donors (Lipinski definition) is 1. The fourth-order valence-electron chi connectivity index (χ4n) is 3.44. The van der Waals surface area contributed by atoms with Crippen molar-refractivity contribution >= 4 is 42.6 Å². The summed E-state index contributed by atoms with van der Waals surface area (Å²) in [5.74, 6) is -1.45. The Balaban J connectivity index is 1.82. The molecular weight excluding hydrogens is 459 g/mol. The lowest BCUT2D eigenvalue weighted by Gasteiger charge is -2.13. The Kier molecular flexibility index (Phi) is 5.16. The minimum Gasteiger partial charge on any atom is -0.355 e. The van der Waals surface area contributed by atoms with Crippen molar-refractivity contribution in [3.8, 4) is 0 Å². The van der Waals surface area contributed by atoms with Crippen LogP contribution in [0.25, 0.3) is 10.9 Å². The monoisotopic (exact) mass is 476 g/mol. The molecule has 1 N–H and O–H groups in total. The molecule has 1 aliphatic carbocycles. The smallest absolute Gasteiger partial charge is 0.254 e. The number of nitrogens with one attached hydrogen (secondary N) is 1. The Morgan fingerprint density at radius 3 is 2.72 bits per heavy atom. The summed E-state index contributed by atoms with van der Waals surface area (Å²) in [5, 5.41) is 3.12. The summed E-state index contributed by atoms with van der Waals surface area (Å²) in [4.78, 5) is 16.5. The van der Waals surface area contributed by atoms with Crippen molar-refractivity contribution in [2.24, 2.45) is 0 Å². The summed E-state index contributed by atoms with van der Waals surface area (Å²) in [6.07, 6.45) is 3.21. The molecule has 1 aromatic heterocycles. The molecule has 5 nitrogen and oxygen atoms in total. The number of rotatable bonds is 5. The molecule has 2 aromatic carbocycles. The van der Waals surface area contributed by atoms with Gasteiger partial charge in [0.05, 0.1) is 21.7 Å². The minimum atomic E-state index is -3.79. The van der Waals surface area contributed by atoms with Crippen molar-refractivity contribution < 1.29 is 17.6 Å². The number of sulfone groups is 1. The normalized spacial score (nSPS) is 14.2. The fourth-order valence-corrected chi connectivity index (χ4v) is 5.60. The second-order valence-electron chi connectivity index (χ2n) is 7.14. The first-order valence-electron chi connectivity index (χ1n) is 9.11. The van der Waals surface area contributed by atoms with Crippen LogP contribution >= 0.6 is 15.9 Å². The van der Waals surface area contributed by atoms with Gasteiger partial charge in [0.25, 0.3) is 5.91 Å². The van der Waals surface area contributed by atoms with Crippen molar-refractivity contribution in [3.63, 3.8) is 0 Å². The van der Waals surface area contributed by atoms with E-state index in [2.05, 4.69) is 26.2 Å². The number of halogens is 2. The molecule has 0 saturated heterocycles. The third kappa shape index (κ3) is 3.91. The Bertz CT molecular complexity index is 1240. The first-order valence-corrected chi connectivity index (χ1v) is 11.6. The predicted molar refractivity (Wildman–Crippen MR) is 112 cm³/mol. The summed E-state index contributed by atoms with van der Waals surface area (Å²) in [7, 11) is -2.38. The third-order valence-corrected chi connectivity index (χ3v) is 7.13. The molecule has 1 aliphatic rings. The van der Waals surface area contributed by atoms with Crippen LogP contribution in [0, 0.1) is 5.82 Å². The van der Waals surface area contributed by atoms with E-state index in [0.29, 0.717) is 26.5 Å². The maximum atomic E-state index is 14.8. The number of carbonyl (C=O) groups excluding carboxylic acids is 1. The second-order valence-corrected chi connectivity index (χ2v) is 10.0. The molecule has 3 aromatic rings. The van der Waals surface area contributed by atoms with Gasteiger partial charge in [-0.3, -0.25) is 9.78 Å². The summed E-state index contributed by atoms with van der Waals surface area (Å²) in [5.41, 5.74) is 1.05. The summed E-state index contributed by atoms with van der Waals surface area (Å²) in [6.45, 7) is 0. The molecule has 1 fully saturated rings. The Morgan fingerprint density at radius 1 is 1.28 bits per heavy atom. The molecule has 0 bridgehead atoms. The van der Waals surface area contributed by atoms with Crippen molar-refractivity contribution in [2.75, 3.05) is 7.05 Å². The van der Waals surface area contributed by atoms with Gasteiger partial charge < -0.3 is 5.32 Å². The van der Waals surface area contributed by atoms with E-state index < -0.39 is 21.6 Å². The van der Waals surface area contributed by atoms with Gasteiger partial charge in [0.1, 0.15) is 5.82 Å². The molecule has 0 radical (unpaired) electrons. The highest BCUT2D eigenvalue weighted by atomic mass is 79.9. The van der Waals surface area contributed by atoms with E-state index in [1.807, 2.05) is 0 Å².